The highest BCUT2D eigenvalue weighted by Crippen LogP contribution is 2.70. The summed E-state index contributed by atoms with van der Waals surface area (Å²) >= 11 is 0. The van der Waals surface area contributed by atoms with E-state index in [1.807, 2.05) is 0 Å². The smallest absolute Gasteiger partial charge is 0.261 e. The van der Waals surface area contributed by atoms with Crippen LogP contribution in [0.4, 0.5) is 0 Å². The Morgan fingerprint density at radius 2 is 2.00 bits per heavy atom. The highest BCUT2D eigenvalue weighted by atomic mass is 33.1. The molecule has 8 nitrogen and oxygen atoms in total. The molecule has 4 fully saturated rings. The fourth-order valence-corrected chi connectivity index (χ4v) is 8.35. The Labute approximate surface area is 175 Å². The van der Waals surface area contributed by atoms with Gasteiger partial charge < -0.3 is 24.0 Å². The van der Waals surface area contributed by atoms with Crippen molar-refractivity contribution < 1.29 is 23.8 Å². The average molecular weight is 434 g/mol. The number of fused-ring (bicyclic) bond motifs is 3. The van der Waals surface area contributed by atoms with Gasteiger partial charge in [-0.3, -0.25) is 9.59 Å². The average Bonchev–Trinajstić information content (AvgIpc) is 3.29. The van der Waals surface area contributed by atoms with E-state index in [-0.39, 0.29) is 25.0 Å². The van der Waals surface area contributed by atoms with Crippen LogP contribution in [0.3, 0.4) is 0 Å². The first-order chi connectivity index (χ1) is 13.7. The number of carbonyl (C=O) groups is 2. The van der Waals surface area contributed by atoms with Gasteiger partial charge in [0.25, 0.3) is 11.8 Å². The summed E-state index contributed by atoms with van der Waals surface area (Å²) in [5, 5.41) is 10.2. The molecular weight excluding hydrogens is 414 g/mol. The molecule has 2 bridgehead atoms. The molecule has 0 aromatic heterocycles. The second kappa shape index (κ2) is 5.67. The van der Waals surface area contributed by atoms with Crippen molar-refractivity contribution in [2.45, 2.75) is 36.1 Å². The van der Waals surface area contributed by atoms with Gasteiger partial charge in [-0.25, -0.2) is 0 Å². The molecule has 2 amide bonds. The van der Waals surface area contributed by atoms with Crippen molar-refractivity contribution in [2.75, 3.05) is 21.0 Å². The number of nitriles is 1. The summed E-state index contributed by atoms with van der Waals surface area (Å²) in [4.78, 5) is 28.0. The van der Waals surface area contributed by atoms with Gasteiger partial charge >= 0.3 is 0 Å². The largest absolute Gasteiger partial charge is 0.492 e. The normalized spacial score (nSPS) is 37.0. The van der Waals surface area contributed by atoms with E-state index in [9.17, 15) is 14.9 Å². The van der Waals surface area contributed by atoms with Crippen LogP contribution in [0.25, 0.3) is 0 Å². The lowest BCUT2D eigenvalue weighted by Gasteiger charge is -2.57. The van der Waals surface area contributed by atoms with E-state index in [1.54, 1.807) is 37.9 Å². The molecule has 0 N–H and O–H groups in total. The van der Waals surface area contributed by atoms with Crippen molar-refractivity contribution in [3.8, 4) is 23.3 Å². The van der Waals surface area contributed by atoms with Gasteiger partial charge in [-0.15, -0.1) is 0 Å². The molecule has 5 heterocycles. The zero-order valence-corrected chi connectivity index (χ0v) is 18.0. The molecule has 1 aromatic rings. The number of likely N-dealkylation sites (N-methyl/N-ethyl adjacent to an activating group) is 1. The summed E-state index contributed by atoms with van der Waals surface area (Å²) in [5.74, 6) is 1.12. The maximum atomic E-state index is 13.7. The monoisotopic (exact) mass is 433 g/mol. The Hall–Kier alpha value is -2.25. The number of hydrogen-bond donors (Lipinski definition) is 0. The number of nitrogens with zero attached hydrogens (tertiary/aromatic N) is 3. The van der Waals surface area contributed by atoms with Crippen molar-refractivity contribution in [1.29, 1.82) is 5.26 Å². The van der Waals surface area contributed by atoms with Gasteiger partial charge in [0.15, 0.2) is 21.2 Å². The van der Waals surface area contributed by atoms with Gasteiger partial charge in [-0.1, -0.05) is 21.6 Å². The molecule has 5 aliphatic rings. The second-order valence-corrected chi connectivity index (χ2v) is 10.8. The predicted molar refractivity (Wildman–Crippen MR) is 106 cm³/mol. The summed E-state index contributed by atoms with van der Waals surface area (Å²) in [6, 6.07) is 5.30. The van der Waals surface area contributed by atoms with Gasteiger partial charge in [-0.05, 0) is 26.0 Å². The third-order valence-electron chi connectivity index (χ3n) is 6.37. The number of hydrogen-bond acceptors (Lipinski definition) is 8. The van der Waals surface area contributed by atoms with Crippen molar-refractivity contribution in [3.05, 3.63) is 17.7 Å². The van der Waals surface area contributed by atoms with Crippen LogP contribution < -0.4 is 14.2 Å². The van der Waals surface area contributed by atoms with Crippen molar-refractivity contribution in [1.82, 2.24) is 9.80 Å². The van der Waals surface area contributed by atoms with Crippen LogP contribution >= 0.6 is 21.6 Å². The fourth-order valence-electron chi connectivity index (χ4n) is 4.77. The topological polar surface area (TPSA) is 92.1 Å². The zero-order chi connectivity index (χ0) is 20.8. The van der Waals surface area contributed by atoms with Gasteiger partial charge in [0, 0.05) is 19.0 Å². The number of methoxy groups -OCH3 is 1. The molecule has 4 atom stereocenters. The molecule has 1 spiro atoms. The lowest BCUT2D eigenvalue weighted by Crippen LogP contribution is -2.73. The van der Waals surface area contributed by atoms with Gasteiger partial charge in [0.05, 0.1) is 24.6 Å². The van der Waals surface area contributed by atoms with Crippen LogP contribution in [-0.4, -0.2) is 52.3 Å². The van der Waals surface area contributed by atoms with E-state index in [0.29, 0.717) is 22.8 Å². The predicted octanol–water partition coefficient (Wildman–Crippen LogP) is 2.51. The van der Waals surface area contributed by atoms with Crippen LogP contribution in [0.2, 0.25) is 0 Å². The van der Waals surface area contributed by atoms with Crippen LogP contribution in [0, 0.1) is 16.7 Å². The number of amides is 2. The minimum atomic E-state index is -1.12. The fraction of sp³-hybridized carbons (Fsp3) is 0.526. The third kappa shape index (κ3) is 2.02. The molecular formula is C19H19N3O5S2. The first-order valence-electron chi connectivity index (χ1n) is 9.10. The third-order valence-corrected chi connectivity index (χ3v) is 10.1. The van der Waals surface area contributed by atoms with Gasteiger partial charge in [0.1, 0.15) is 0 Å². The van der Waals surface area contributed by atoms with Crippen LogP contribution in [0.15, 0.2) is 12.1 Å². The zero-order valence-electron chi connectivity index (χ0n) is 16.3. The van der Waals surface area contributed by atoms with E-state index >= 15 is 0 Å². The number of piperazine rings is 1. The standard InChI is InChI=1S/C19H19N3O5S2/c1-17(8-20)7-19-16(24)21(3)18(2,28-29-19)15(23)22(19)14(17)10-5-6-11-13(12(10)25-4)27-9-26-11/h5-6,14H,7,9H2,1-4H3/t14?,17-,18?,19?/m1/s1. The Balaban J connectivity index is 1.75. The van der Waals surface area contributed by atoms with Gasteiger partial charge in [0.2, 0.25) is 12.5 Å². The van der Waals surface area contributed by atoms with Crippen LogP contribution in [-0.2, 0) is 9.59 Å². The van der Waals surface area contributed by atoms with Crippen molar-refractivity contribution in [3.63, 3.8) is 0 Å². The number of ether oxygens (including phenoxy) is 3. The molecule has 0 radical (unpaired) electrons. The van der Waals surface area contributed by atoms with E-state index < -0.39 is 21.2 Å². The molecule has 29 heavy (non-hydrogen) atoms. The van der Waals surface area contributed by atoms with E-state index in [4.69, 9.17) is 14.2 Å². The lowest BCUT2D eigenvalue weighted by atomic mass is 9.79. The highest BCUT2D eigenvalue weighted by molar-refractivity contribution is 8.78. The summed E-state index contributed by atoms with van der Waals surface area (Å²) in [6.07, 6.45) is 0.238. The number of benzene rings is 1. The quantitative estimate of drug-likeness (QED) is 0.657. The second-order valence-electron chi connectivity index (χ2n) is 8.00. The van der Waals surface area contributed by atoms with Gasteiger partial charge in [-0.2, -0.15) is 5.26 Å². The molecule has 10 heteroatoms. The maximum Gasteiger partial charge on any atom is 0.261 e. The molecule has 152 valence electrons. The maximum absolute atomic E-state index is 13.7. The van der Waals surface area contributed by atoms with E-state index in [1.165, 1.54) is 33.6 Å². The summed E-state index contributed by atoms with van der Waals surface area (Å²) in [5.41, 5.74) is -0.348. The molecule has 5 aliphatic heterocycles. The van der Waals surface area contributed by atoms with E-state index in [2.05, 4.69) is 6.07 Å². The minimum absolute atomic E-state index is 0.0791. The van der Waals surface area contributed by atoms with Crippen LogP contribution in [0.5, 0.6) is 17.2 Å². The molecule has 6 rings (SSSR count). The SMILES string of the molecule is COc1c(C2N3C(=O)C4(C)SSC3(C[C@]2(C)C#N)C(=O)N4C)ccc2c1OCO2. The number of carbonyl (C=O) groups excluding carboxylic acids is 2. The van der Waals surface area contributed by atoms with E-state index in [0.717, 1.165) is 0 Å². The lowest BCUT2D eigenvalue weighted by molar-refractivity contribution is -0.164. The first kappa shape index (κ1) is 18.8. The minimum Gasteiger partial charge on any atom is -0.492 e. The Kier molecular flexibility index (Phi) is 3.67. The molecule has 3 unspecified atom stereocenters. The summed E-state index contributed by atoms with van der Waals surface area (Å²) in [7, 11) is 5.94. The molecule has 0 saturated carbocycles. The Morgan fingerprint density at radius 3 is 2.69 bits per heavy atom. The van der Waals surface area contributed by atoms with Crippen molar-refractivity contribution >= 4 is 33.4 Å². The van der Waals surface area contributed by atoms with Crippen LogP contribution in [0.1, 0.15) is 31.9 Å². The Bertz CT molecular complexity index is 1010. The first-order valence-corrected chi connectivity index (χ1v) is 11.2. The molecule has 1 aromatic carbocycles. The molecule has 0 aliphatic carbocycles. The summed E-state index contributed by atoms with van der Waals surface area (Å²) < 4.78 is 16.7. The highest BCUT2D eigenvalue weighted by Gasteiger charge is 2.75. The molecule has 4 saturated heterocycles. The van der Waals surface area contributed by atoms with Crippen molar-refractivity contribution in [2.24, 2.45) is 5.41 Å². The Morgan fingerprint density at radius 1 is 1.24 bits per heavy atom. The number of rotatable bonds is 2. The summed E-state index contributed by atoms with van der Waals surface area (Å²) in [6.45, 7) is 3.63.